The Morgan fingerprint density at radius 2 is 1.95 bits per heavy atom. The molecule has 0 spiro atoms. The largest absolute Gasteiger partial charge is 0.326 e. The number of benzene rings is 1. The molecule has 0 saturated carbocycles. The van der Waals surface area contributed by atoms with Crippen LogP contribution in [0.1, 0.15) is 17.3 Å². The summed E-state index contributed by atoms with van der Waals surface area (Å²) in [6.07, 6.45) is 0. The van der Waals surface area contributed by atoms with Crippen LogP contribution >= 0.6 is 15.9 Å². The molecule has 2 rings (SSSR count). The molecule has 7 heteroatoms. The molecule has 1 aromatic rings. The van der Waals surface area contributed by atoms with Crippen molar-refractivity contribution in [3.05, 3.63) is 29.8 Å². The fraction of sp³-hybridized carbons (Fsp3) is 0.250. The van der Waals surface area contributed by atoms with Gasteiger partial charge in [-0.3, -0.25) is 14.9 Å². The zero-order valence-electron chi connectivity index (χ0n) is 10.1. The molecule has 0 aromatic heterocycles. The van der Waals surface area contributed by atoms with Crippen molar-refractivity contribution in [1.82, 2.24) is 10.6 Å². The van der Waals surface area contributed by atoms with Crippen molar-refractivity contribution in [3.63, 3.8) is 0 Å². The maximum absolute atomic E-state index is 11.5. The van der Waals surface area contributed by atoms with Gasteiger partial charge in [0.2, 0.25) is 5.91 Å². The van der Waals surface area contributed by atoms with E-state index in [-0.39, 0.29) is 16.6 Å². The number of urea groups is 1. The lowest BCUT2D eigenvalue weighted by Gasteiger charge is -2.15. The summed E-state index contributed by atoms with van der Waals surface area (Å²) in [5, 5.41) is 7.36. The third-order valence-corrected chi connectivity index (χ3v) is 3.71. The Hall–Kier alpha value is -1.89. The maximum atomic E-state index is 11.5. The highest BCUT2D eigenvalue weighted by atomic mass is 79.9. The normalized spacial score (nSPS) is 19.6. The molecule has 1 fully saturated rings. The number of nitrogens with one attached hydrogen (secondary N) is 3. The maximum Gasteiger partial charge on any atom is 0.322 e. The van der Waals surface area contributed by atoms with Crippen LogP contribution in [0.5, 0.6) is 0 Å². The summed E-state index contributed by atoms with van der Waals surface area (Å²) in [4.78, 5) is 33.2. The lowest BCUT2D eigenvalue weighted by atomic mass is 10.1. The summed E-state index contributed by atoms with van der Waals surface area (Å²) in [5.41, 5.74) is 1.51. The van der Waals surface area contributed by atoms with Crippen molar-refractivity contribution in [1.29, 1.82) is 0 Å². The van der Waals surface area contributed by atoms with Crippen molar-refractivity contribution in [3.8, 4) is 0 Å². The molecule has 0 radical (unpaired) electrons. The topological polar surface area (TPSA) is 87.3 Å². The third-order valence-electron chi connectivity index (χ3n) is 2.65. The van der Waals surface area contributed by atoms with Crippen LogP contribution in [0.2, 0.25) is 0 Å². The molecule has 2 atom stereocenters. The molecule has 0 aliphatic carbocycles. The molecule has 100 valence electrons. The molecule has 19 heavy (non-hydrogen) atoms. The molecule has 1 aliphatic rings. The minimum absolute atomic E-state index is 0.148. The Morgan fingerprint density at radius 1 is 1.32 bits per heavy atom. The Morgan fingerprint density at radius 3 is 2.42 bits per heavy atom. The average Bonchev–Trinajstić information content (AvgIpc) is 2.68. The standard InChI is InChI=1S/C12H12BrN3O3/c1-6(17)14-8-4-2-7(3-5-8)9(13)10-11(18)16-12(19)15-10/h2-5,9-10H,1H3,(H,14,17)(H2,15,16,18,19). The number of rotatable bonds is 3. The van der Waals surface area contributed by atoms with Gasteiger partial charge in [-0.2, -0.15) is 0 Å². The first-order valence-corrected chi connectivity index (χ1v) is 6.52. The first kappa shape index (κ1) is 13.5. The summed E-state index contributed by atoms with van der Waals surface area (Å²) in [5.74, 6) is -0.511. The SMILES string of the molecule is CC(=O)Nc1ccc(C(Br)C2NC(=O)NC2=O)cc1. The van der Waals surface area contributed by atoms with Gasteiger partial charge in [0.05, 0.1) is 4.83 Å². The fourth-order valence-electron chi connectivity index (χ4n) is 1.78. The van der Waals surface area contributed by atoms with Gasteiger partial charge in [-0.15, -0.1) is 0 Å². The molecule has 4 amide bonds. The van der Waals surface area contributed by atoms with Gasteiger partial charge >= 0.3 is 6.03 Å². The number of halogens is 1. The van der Waals surface area contributed by atoms with E-state index in [1.165, 1.54) is 6.92 Å². The van der Waals surface area contributed by atoms with Crippen LogP contribution in [0.4, 0.5) is 10.5 Å². The van der Waals surface area contributed by atoms with Gasteiger partial charge in [0.1, 0.15) is 6.04 Å². The number of amides is 4. The number of alkyl halides is 1. The van der Waals surface area contributed by atoms with Crippen molar-refractivity contribution in [2.75, 3.05) is 5.32 Å². The van der Waals surface area contributed by atoms with Gasteiger partial charge in [0, 0.05) is 12.6 Å². The van der Waals surface area contributed by atoms with Crippen molar-refractivity contribution < 1.29 is 14.4 Å². The second-order valence-electron chi connectivity index (χ2n) is 4.15. The number of anilines is 1. The Kier molecular flexibility index (Phi) is 3.84. The van der Waals surface area contributed by atoms with Gasteiger partial charge in [0.25, 0.3) is 5.91 Å². The lowest BCUT2D eigenvalue weighted by Crippen LogP contribution is -2.32. The van der Waals surface area contributed by atoms with Crippen molar-refractivity contribution in [2.24, 2.45) is 0 Å². The molecule has 1 heterocycles. The Balaban J connectivity index is 2.11. The van der Waals surface area contributed by atoms with Crippen LogP contribution in [0, 0.1) is 0 Å². The molecular formula is C12H12BrN3O3. The molecule has 1 aromatic carbocycles. The van der Waals surface area contributed by atoms with Gasteiger partial charge in [-0.05, 0) is 17.7 Å². The van der Waals surface area contributed by atoms with E-state index < -0.39 is 12.1 Å². The van der Waals surface area contributed by atoms with Crippen LogP contribution in [0.15, 0.2) is 24.3 Å². The van der Waals surface area contributed by atoms with Gasteiger partial charge in [-0.1, -0.05) is 28.1 Å². The van der Waals surface area contributed by atoms with E-state index in [2.05, 4.69) is 31.9 Å². The summed E-state index contributed by atoms with van der Waals surface area (Å²) < 4.78 is 0. The van der Waals surface area contributed by atoms with Gasteiger partial charge in [-0.25, -0.2) is 4.79 Å². The number of imide groups is 1. The molecule has 1 saturated heterocycles. The van der Waals surface area contributed by atoms with Crippen LogP contribution in [0.25, 0.3) is 0 Å². The average molecular weight is 326 g/mol. The van der Waals surface area contributed by atoms with E-state index in [9.17, 15) is 14.4 Å². The number of carbonyl (C=O) groups is 3. The zero-order chi connectivity index (χ0) is 14.0. The van der Waals surface area contributed by atoms with Crippen molar-refractivity contribution in [2.45, 2.75) is 17.8 Å². The van der Waals surface area contributed by atoms with E-state index in [4.69, 9.17) is 0 Å². The second-order valence-corrected chi connectivity index (χ2v) is 5.13. The highest BCUT2D eigenvalue weighted by Crippen LogP contribution is 2.28. The molecule has 2 unspecified atom stereocenters. The Bertz CT molecular complexity index is 530. The summed E-state index contributed by atoms with van der Waals surface area (Å²) >= 11 is 3.39. The highest BCUT2D eigenvalue weighted by Gasteiger charge is 2.35. The van der Waals surface area contributed by atoms with Crippen LogP contribution in [0.3, 0.4) is 0 Å². The van der Waals surface area contributed by atoms with Crippen LogP contribution < -0.4 is 16.0 Å². The van der Waals surface area contributed by atoms with Gasteiger partial charge in [0.15, 0.2) is 0 Å². The second kappa shape index (κ2) is 5.40. The molecule has 1 aliphatic heterocycles. The van der Waals surface area contributed by atoms with Crippen LogP contribution in [-0.4, -0.2) is 23.9 Å². The summed E-state index contributed by atoms with van der Waals surface area (Å²) in [6.45, 7) is 1.43. The summed E-state index contributed by atoms with van der Waals surface area (Å²) in [7, 11) is 0. The van der Waals surface area contributed by atoms with E-state index in [0.717, 1.165) is 5.56 Å². The first-order chi connectivity index (χ1) is 8.97. The molecular weight excluding hydrogens is 314 g/mol. The quantitative estimate of drug-likeness (QED) is 0.578. The van der Waals surface area contributed by atoms with Gasteiger partial charge < -0.3 is 10.6 Å². The number of hydrogen-bond donors (Lipinski definition) is 3. The first-order valence-electron chi connectivity index (χ1n) is 5.60. The van der Waals surface area contributed by atoms with E-state index in [0.29, 0.717) is 5.69 Å². The lowest BCUT2D eigenvalue weighted by molar-refractivity contribution is -0.120. The smallest absolute Gasteiger partial charge is 0.322 e. The zero-order valence-corrected chi connectivity index (χ0v) is 11.7. The van der Waals surface area contributed by atoms with E-state index in [1.54, 1.807) is 24.3 Å². The van der Waals surface area contributed by atoms with E-state index in [1.807, 2.05) is 0 Å². The van der Waals surface area contributed by atoms with Crippen LogP contribution in [-0.2, 0) is 9.59 Å². The number of carbonyl (C=O) groups excluding carboxylic acids is 3. The highest BCUT2D eigenvalue weighted by molar-refractivity contribution is 9.09. The minimum Gasteiger partial charge on any atom is -0.326 e. The monoisotopic (exact) mass is 325 g/mol. The Labute approximate surface area is 118 Å². The fourth-order valence-corrected chi connectivity index (χ4v) is 2.46. The van der Waals surface area contributed by atoms with E-state index >= 15 is 0 Å². The molecule has 3 N–H and O–H groups in total. The van der Waals surface area contributed by atoms with Crippen molar-refractivity contribution >= 4 is 39.5 Å². The molecule has 6 nitrogen and oxygen atoms in total. The number of hydrogen-bond acceptors (Lipinski definition) is 3. The predicted molar refractivity (Wildman–Crippen MR) is 72.9 cm³/mol. The minimum atomic E-state index is -0.640. The molecule has 0 bridgehead atoms. The predicted octanol–water partition coefficient (Wildman–Crippen LogP) is 1.29. The third kappa shape index (κ3) is 3.11. The summed E-state index contributed by atoms with van der Waals surface area (Å²) in [6, 6.07) is 5.90.